The molecule has 2 aromatic rings. The molecule has 0 unspecified atom stereocenters. The van der Waals surface area contributed by atoms with Gasteiger partial charge < -0.3 is 34.2 Å². The molecule has 0 aliphatic carbocycles. The fourth-order valence-corrected chi connectivity index (χ4v) is 6.47. The van der Waals surface area contributed by atoms with Crippen LogP contribution in [0.3, 0.4) is 0 Å². The number of fused-ring (bicyclic) bond motifs is 1. The normalized spacial score (nSPS) is 22.7. The molecule has 5 rings (SSSR count). The number of hydrogen-bond acceptors (Lipinski definition) is 9. The van der Waals surface area contributed by atoms with E-state index in [0.29, 0.717) is 57.2 Å². The van der Waals surface area contributed by atoms with Crippen molar-refractivity contribution in [3.63, 3.8) is 0 Å². The Morgan fingerprint density at radius 2 is 1.93 bits per heavy atom. The van der Waals surface area contributed by atoms with E-state index in [1.807, 2.05) is 11.0 Å². The first-order valence-corrected chi connectivity index (χ1v) is 15.1. The summed E-state index contributed by atoms with van der Waals surface area (Å²) in [6.07, 6.45) is -1.28. The van der Waals surface area contributed by atoms with E-state index < -0.39 is 12.2 Å². The second kappa shape index (κ2) is 14.2. The highest BCUT2D eigenvalue weighted by Gasteiger charge is 2.39. The number of pyridine rings is 1. The van der Waals surface area contributed by atoms with Crippen molar-refractivity contribution in [3.8, 4) is 5.88 Å². The largest absolute Gasteiger partial charge is 0.474 e. The Hall–Kier alpha value is -3.36. The summed E-state index contributed by atoms with van der Waals surface area (Å²) in [6, 6.07) is 7.80. The van der Waals surface area contributed by atoms with E-state index in [1.54, 1.807) is 17.0 Å². The quantitative estimate of drug-likeness (QED) is 0.432. The van der Waals surface area contributed by atoms with Gasteiger partial charge in [-0.1, -0.05) is 12.1 Å². The molecule has 0 saturated carbocycles. The number of carbonyl (C=O) groups is 2. The number of ether oxygens (including phenoxy) is 3. The van der Waals surface area contributed by atoms with E-state index in [0.717, 1.165) is 17.7 Å². The fraction of sp³-hybridized carbons (Fsp3) is 0.581. The molecule has 3 aliphatic heterocycles. The molecule has 2 N–H and O–H groups in total. The molecule has 4 heterocycles. The Kier molecular flexibility index (Phi) is 10.3. The number of carbonyl (C=O) groups excluding carboxylic acids is 1. The van der Waals surface area contributed by atoms with E-state index in [9.17, 15) is 24.2 Å². The molecule has 1 aromatic heterocycles. The SMILES string of the molecule is CO[C@H](CO)c1nc2c(cc1Cc1ccc(F)cc1)N(C(=O)CN1CCN(C(=O)O)[C@H]([C@H](C)N3CCOC[C@H]3C)C1)CCO2. The summed E-state index contributed by atoms with van der Waals surface area (Å²) in [5, 5.41) is 19.9. The minimum Gasteiger partial charge on any atom is -0.474 e. The maximum absolute atomic E-state index is 13.9. The Balaban J connectivity index is 1.37. The number of rotatable bonds is 9. The zero-order valence-electron chi connectivity index (χ0n) is 25.5. The number of amides is 2. The minimum atomic E-state index is -0.955. The van der Waals surface area contributed by atoms with Crippen LogP contribution < -0.4 is 9.64 Å². The maximum atomic E-state index is 13.9. The van der Waals surface area contributed by atoms with Crippen molar-refractivity contribution in [2.24, 2.45) is 0 Å². The van der Waals surface area contributed by atoms with Crippen LogP contribution in [0.15, 0.2) is 30.3 Å². The van der Waals surface area contributed by atoms with Crippen LogP contribution in [0.25, 0.3) is 0 Å². The highest BCUT2D eigenvalue weighted by atomic mass is 19.1. The van der Waals surface area contributed by atoms with E-state index in [2.05, 4.69) is 18.7 Å². The van der Waals surface area contributed by atoms with Crippen molar-refractivity contribution >= 4 is 17.7 Å². The third-order valence-electron chi connectivity index (χ3n) is 8.90. The Labute approximate surface area is 256 Å². The van der Waals surface area contributed by atoms with E-state index in [-0.39, 0.29) is 55.5 Å². The standard InChI is InChI=1S/C31H42FN5O7/c1-20-19-43-12-10-35(20)21(2)26-16-34(8-9-37(26)31(40)41)17-28(39)36-11-13-44-30-25(36)15-23(29(33-30)27(18-38)42-3)14-22-4-6-24(32)7-5-22/h4-7,15,20-21,26-27,38H,8-14,16-19H2,1-3H3,(H,40,41)/t20-,21+,26+,27-/m1/s1. The van der Waals surface area contributed by atoms with Gasteiger partial charge in [-0.3, -0.25) is 14.6 Å². The maximum Gasteiger partial charge on any atom is 0.407 e. The Bertz CT molecular complexity index is 1310. The highest BCUT2D eigenvalue weighted by Crippen LogP contribution is 2.35. The predicted octanol–water partition coefficient (Wildman–Crippen LogP) is 1.99. The number of aromatic nitrogens is 1. The van der Waals surface area contributed by atoms with Gasteiger partial charge in [0.2, 0.25) is 11.8 Å². The molecule has 12 nitrogen and oxygen atoms in total. The van der Waals surface area contributed by atoms with Gasteiger partial charge in [0.05, 0.1) is 44.6 Å². The summed E-state index contributed by atoms with van der Waals surface area (Å²) in [5.41, 5.74) is 2.57. The average Bonchev–Trinajstić information content (AvgIpc) is 3.02. The number of hydrogen-bond donors (Lipinski definition) is 2. The minimum absolute atomic E-state index is 0.0519. The van der Waals surface area contributed by atoms with Crippen molar-refractivity contribution < 1.29 is 38.4 Å². The van der Waals surface area contributed by atoms with Gasteiger partial charge in [0, 0.05) is 45.4 Å². The number of morpholine rings is 1. The molecule has 1 aromatic carbocycles. The lowest BCUT2D eigenvalue weighted by Gasteiger charge is -2.48. The first-order valence-electron chi connectivity index (χ1n) is 15.1. The van der Waals surface area contributed by atoms with Crippen LogP contribution in [-0.4, -0.2) is 133 Å². The first kappa shape index (κ1) is 32.0. The van der Waals surface area contributed by atoms with E-state index in [4.69, 9.17) is 19.2 Å². The van der Waals surface area contributed by atoms with Crippen LogP contribution >= 0.6 is 0 Å². The van der Waals surface area contributed by atoms with Crippen molar-refractivity contribution in [2.75, 3.05) is 77.7 Å². The van der Waals surface area contributed by atoms with Crippen LogP contribution in [0, 0.1) is 5.82 Å². The number of piperazine rings is 1. The predicted molar refractivity (Wildman–Crippen MR) is 160 cm³/mol. The van der Waals surface area contributed by atoms with Gasteiger partial charge in [0.25, 0.3) is 0 Å². The summed E-state index contributed by atoms with van der Waals surface area (Å²) in [7, 11) is 1.48. The molecular formula is C31H42FN5O7. The molecule has 2 fully saturated rings. The molecule has 0 bridgehead atoms. The summed E-state index contributed by atoms with van der Waals surface area (Å²) >= 11 is 0. The topological polar surface area (TPSA) is 128 Å². The number of aliphatic hydroxyl groups is 1. The lowest BCUT2D eigenvalue weighted by Crippen LogP contribution is -2.64. The van der Waals surface area contributed by atoms with Crippen molar-refractivity contribution in [1.29, 1.82) is 0 Å². The van der Waals surface area contributed by atoms with Gasteiger partial charge in [-0.05, 0) is 49.6 Å². The van der Waals surface area contributed by atoms with Gasteiger partial charge >= 0.3 is 6.09 Å². The average molecular weight is 616 g/mol. The summed E-state index contributed by atoms with van der Waals surface area (Å²) < 4.78 is 30.5. The first-order chi connectivity index (χ1) is 21.2. The number of anilines is 1. The zero-order valence-corrected chi connectivity index (χ0v) is 25.5. The number of benzene rings is 1. The monoisotopic (exact) mass is 615 g/mol. The van der Waals surface area contributed by atoms with Gasteiger partial charge in [0.1, 0.15) is 24.2 Å². The van der Waals surface area contributed by atoms with Gasteiger partial charge in [-0.25, -0.2) is 14.2 Å². The molecular weight excluding hydrogens is 573 g/mol. The molecule has 44 heavy (non-hydrogen) atoms. The highest BCUT2D eigenvalue weighted by molar-refractivity contribution is 5.96. The van der Waals surface area contributed by atoms with Crippen molar-refractivity contribution in [3.05, 3.63) is 53.0 Å². The third-order valence-corrected chi connectivity index (χ3v) is 8.90. The molecule has 240 valence electrons. The third kappa shape index (κ3) is 6.97. The van der Waals surface area contributed by atoms with Gasteiger partial charge in [0.15, 0.2) is 0 Å². The summed E-state index contributed by atoms with van der Waals surface area (Å²) in [6.45, 7) is 7.65. The molecule has 2 amide bonds. The van der Waals surface area contributed by atoms with Crippen molar-refractivity contribution in [1.82, 2.24) is 19.7 Å². The Morgan fingerprint density at radius 1 is 1.16 bits per heavy atom. The smallest absolute Gasteiger partial charge is 0.407 e. The van der Waals surface area contributed by atoms with Crippen molar-refractivity contribution in [2.45, 2.75) is 44.5 Å². The second-order valence-electron chi connectivity index (χ2n) is 11.6. The molecule has 13 heteroatoms. The fourth-order valence-electron chi connectivity index (χ4n) is 6.47. The molecule has 3 aliphatic rings. The summed E-state index contributed by atoms with van der Waals surface area (Å²) in [5.74, 6) is -0.202. The number of nitrogens with zero attached hydrogens (tertiary/aromatic N) is 5. The molecule has 4 atom stereocenters. The van der Waals surface area contributed by atoms with Crippen LogP contribution in [0.2, 0.25) is 0 Å². The summed E-state index contributed by atoms with van der Waals surface area (Å²) in [4.78, 5) is 38.2. The number of carboxylic acid groups (broad SMARTS) is 1. The van der Waals surface area contributed by atoms with Crippen LogP contribution in [0.5, 0.6) is 5.88 Å². The number of methoxy groups -OCH3 is 1. The Morgan fingerprint density at radius 3 is 2.61 bits per heavy atom. The van der Waals surface area contributed by atoms with E-state index >= 15 is 0 Å². The van der Waals surface area contributed by atoms with Gasteiger partial charge in [-0.15, -0.1) is 0 Å². The number of halogens is 1. The van der Waals surface area contributed by atoms with E-state index in [1.165, 1.54) is 24.1 Å². The van der Waals surface area contributed by atoms with Crippen LogP contribution in [-0.2, 0) is 20.7 Å². The van der Waals surface area contributed by atoms with Gasteiger partial charge in [-0.2, -0.15) is 0 Å². The zero-order chi connectivity index (χ0) is 31.4. The molecule has 0 spiro atoms. The number of aliphatic hydroxyl groups excluding tert-OH is 1. The van der Waals surface area contributed by atoms with Crippen LogP contribution in [0.4, 0.5) is 14.9 Å². The lowest BCUT2D eigenvalue weighted by molar-refractivity contribution is -0.121. The van der Waals surface area contributed by atoms with Crippen LogP contribution in [0.1, 0.15) is 36.8 Å². The second-order valence-corrected chi connectivity index (χ2v) is 11.6. The molecule has 2 saturated heterocycles. The lowest BCUT2D eigenvalue weighted by atomic mass is 9.99. The molecule has 0 radical (unpaired) electrons.